The molecule has 2 aliphatic rings. The summed E-state index contributed by atoms with van der Waals surface area (Å²) in [5, 5.41) is 11.2. The number of pyridine rings is 1. The zero-order valence-electron chi connectivity index (χ0n) is 18.0. The van der Waals surface area contributed by atoms with Crippen molar-refractivity contribution in [3.63, 3.8) is 0 Å². The number of nitrogens with zero attached hydrogens (tertiary/aromatic N) is 3. The monoisotopic (exact) mass is 465 g/mol. The lowest BCUT2D eigenvalue weighted by atomic mass is 9.69. The van der Waals surface area contributed by atoms with E-state index in [0.29, 0.717) is 12.1 Å². The molecule has 1 aliphatic carbocycles. The zero-order chi connectivity index (χ0) is 23.9. The van der Waals surface area contributed by atoms with E-state index in [9.17, 15) is 19.2 Å². The van der Waals surface area contributed by atoms with Crippen molar-refractivity contribution in [1.29, 1.82) is 5.26 Å². The second-order valence-electron chi connectivity index (χ2n) is 8.78. The molecule has 1 unspecified atom stereocenters. The summed E-state index contributed by atoms with van der Waals surface area (Å²) in [5.74, 6) is -2.44. The first-order valence-electron chi connectivity index (χ1n) is 10.3. The standard InChI is InChI=1S/C24H21ClFN5O2/c1-24(2)10-17-20(18(32)11-24)19(13-6-3-4-8-16(13)26)15(12-27)22(28)31(17)30-23(33)14-7-5-9-29-21(14)25/h3-9,19H,10-11,28H2,1-2H3,(H,30,33). The molecule has 33 heavy (non-hydrogen) atoms. The lowest BCUT2D eigenvalue weighted by Crippen LogP contribution is -2.50. The molecule has 0 saturated carbocycles. The van der Waals surface area contributed by atoms with Crippen molar-refractivity contribution >= 4 is 23.3 Å². The predicted octanol–water partition coefficient (Wildman–Crippen LogP) is 3.96. The fraction of sp³-hybridized carbons (Fsp3) is 0.250. The van der Waals surface area contributed by atoms with Crippen LogP contribution in [-0.4, -0.2) is 21.7 Å². The Morgan fingerprint density at radius 1 is 1.30 bits per heavy atom. The third kappa shape index (κ3) is 3.96. The minimum Gasteiger partial charge on any atom is -0.383 e. The van der Waals surface area contributed by atoms with Crippen LogP contribution in [0.25, 0.3) is 0 Å². The van der Waals surface area contributed by atoms with E-state index in [0.717, 1.165) is 0 Å². The van der Waals surface area contributed by atoms with E-state index in [1.807, 2.05) is 19.9 Å². The predicted molar refractivity (Wildman–Crippen MR) is 120 cm³/mol. The maximum Gasteiger partial charge on any atom is 0.273 e. The highest BCUT2D eigenvalue weighted by Crippen LogP contribution is 2.48. The molecule has 1 aromatic carbocycles. The normalized spacial score (nSPS) is 19.8. The van der Waals surface area contributed by atoms with Crippen LogP contribution in [0.4, 0.5) is 4.39 Å². The molecule has 0 spiro atoms. The van der Waals surface area contributed by atoms with Gasteiger partial charge in [0.15, 0.2) is 5.78 Å². The molecule has 1 aromatic heterocycles. The summed E-state index contributed by atoms with van der Waals surface area (Å²) in [7, 11) is 0. The molecule has 2 aromatic rings. The number of ketones is 1. The molecule has 0 radical (unpaired) electrons. The average molecular weight is 466 g/mol. The molecule has 1 atom stereocenters. The van der Waals surface area contributed by atoms with Gasteiger partial charge in [0, 0.05) is 23.8 Å². The summed E-state index contributed by atoms with van der Waals surface area (Å²) >= 11 is 6.06. The lowest BCUT2D eigenvalue weighted by molar-refractivity contribution is -0.118. The Morgan fingerprint density at radius 3 is 2.70 bits per heavy atom. The number of halogens is 2. The molecule has 0 fully saturated rings. The SMILES string of the molecule is CC1(C)CC(=O)C2=C(C1)N(NC(=O)c1cccnc1Cl)C(N)=C(C#N)C2c1ccccc1F. The number of Topliss-reactive ketones (excluding diaryl/α,β-unsaturated/α-hetero) is 1. The largest absolute Gasteiger partial charge is 0.383 e. The number of hydrazine groups is 1. The van der Waals surface area contributed by atoms with E-state index < -0.39 is 23.1 Å². The summed E-state index contributed by atoms with van der Waals surface area (Å²) < 4.78 is 14.8. The Kier molecular flexibility index (Phi) is 5.68. The molecule has 1 amide bonds. The van der Waals surface area contributed by atoms with Gasteiger partial charge in [0.25, 0.3) is 5.91 Å². The first-order valence-corrected chi connectivity index (χ1v) is 10.6. The van der Waals surface area contributed by atoms with E-state index >= 15 is 0 Å². The van der Waals surface area contributed by atoms with Crippen LogP contribution in [0.3, 0.4) is 0 Å². The molecular weight excluding hydrogens is 445 g/mol. The Hall–Kier alpha value is -3.70. The van der Waals surface area contributed by atoms with Crippen molar-refractivity contribution in [1.82, 2.24) is 15.4 Å². The van der Waals surface area contributed by atoms with Gasteiger partial charge in [-0.3, -0.25) is 15.0 Å². The number of rotatable bonds is 3. The molecule has 1 aliphatic heterocycles. The van der Waals surface area contributed by atoms with Crippen LogP contribution in [0.2, 0.25) is 5.15 Å². The van der Waals surface area contributed by atoms with Crippen molar-refractivity contribution in [2.24, 2.45) is 11.1 Å². The second-order valence-corrected chi connectivity index (χ2v) is 9.14. The van der Waals surface area contributed by atoms with Crippen LogP contribution in [0, 0.1) is 22.6 Å². The highest BCUT2D eigenvalue weighted by Gasteiger charge is 2.45. The number of nitrogens with one attached hydrogen (secondary N) is 1. The molecule has 9 heteroatoms. The van der Waals surface area contributed by atoms with Gasteiger partial charge >= 0.3 is 0 Å². The Labute approximate surface area is 195 Å². The number of hydrogen-bond acceptors (Lipinski definition) is 6. The number of carbonyl (C=O) groups excluding carboxylic acids is 2. The van der Waals surface area contributed by atoms with Gasteiger partial charge in [0.05, 0.1) is 28.8 Å². The van der Waals surface area contributed by atoms with Gasteiger partial charge in [-0.2, -0.15) is 5.26 Å². The van der Waals surface area contributed by atoms with Crippen molar-refractivity contribution in [2.75, 3.05) is 0 Å². The Morgan fingerprint density at radius 2 is 2.03 bits per heavy atom. The number of nitrogens with two attached hydrogens (primary N) is 1. The van der Waals surface area contributed by atoms with Crippen molar-refractivity contribution in [3.8, 4) is 6.07 Å². The van der Waals surface area contributed by atoms with Crippen LogP contribution in [0.5, 0.6) is 0 Å². The zero-order valence-corrected chi connectivity index (χ0v) is 18.8. The van der Waals surface area contributed by atoms with E-state index in [2.05, 4.69) is 10.4 Å². The van der Waals surface area contributed by atoms with Gasteiger partial charge in [0.2, 0.25) is 0 Å². The van der Waals surface area contributed by atoms with Crippen molar-refractivity contribution in [3.05, 3.63) is 87.4 Å². The molecule has 4 rings (SSSR count). The second kappa shape index (κ2) is 8.34. The molecular formula is C24H21ClFN5O2. The molecule has 168 valence electrons. The fourth-order valence-electron chi connectivity index (χ4n) is 4.37. The number of benzene rings is 1. The van der Waals surface area contributed by atoms with Crippen LogP contribution in [0.1, 0.15) is 48.5 Å². The van der Waals surface area contributed by atoms with Gasteiger partial charge in [-0.1, -0.05) is 43.6 Å². The smallest absolute Gasteiger partial charge is 0.273 e. The average Bonchev–Trinajstić information content (AvgIpc) is 2.75. The first kappa shape index (κ1) is 22.5. The van der Waals surface area contributed by atoms with Crippen LogP contribution < -0.4 is 11.2 Å². The van der Waals surface area contributed by atoms with Gasteiger partial charge in [0.1, 0.15) is 16.8 Å². The molecule has 3 N–H and O–H groups in total. The Bertz CT molecular complexity index is 1280. The van der Waals surface area contributed by atoms with Crippen molar-refractivity contribution < 1.29 is 14.0 Å². The van der Waals surface area contributed by atoms with Gasteiger partial charge in [-0.05, 0) is 30.0 Å². The summed E-state index contributed by atoms with van der Waals surface area (Å²) in [6.07, 6.45) is 2.04. The summed E-state index contributed by atoms with van der Waals surface area (Å²) in [6, 6.07) is 11.1. The van der Waals surface area contributed by atoms with E-state index in [1.54, 1.807) is 12.1 Å². The first-order chi connectivity index (χ1) is 15.6. The molecule has 2 heterocycles. The van der Waals surface area contributed by atoms with Gasteiger partial charge < -0.3 is 5.73 Å². The van der Waals surface area contributed by atoms with Crippen LogP contribution >= 0.6 is 11.6 Å². The molecule has 0 saturated heterocycles. The van der Waals surface area contributed by atoms with E-state index in [4.69, 9.17) is 17.3 Å². The number of amides is 1. The summed E-state index contributed by atoms with van der Waals surface area (Å²) in [4.78, 5) is 30.2. The maximum absolute atomic E-state index is 14.8. The summed E-state index contributed by atoms with van der Waals surface area (Å²) in [5.41, 5.74) is 9.54. The van der Waals surface area contributed by atoms with Crippen molar-refractivity contribution in [2.45, 2.75) is 32.6 Å². The van der Waals surface area contributed by atoms with E-state index in [-0.39, 0.29) is 45.5 Å². The quantitative estimate of drug-likeness (QED) is 0.663. The van der Waals surface area contributed by atoms with Gasteiger partial charge in [-0.15, -0.1) is 0 Å². The van der Waals surface area contributed by atoms with Crippen LogP contribution in [-0.2, 0) is 4.79 Å². The minimum atomic E-state index is -0.968. The fourth-order valence-corrected chi connectivity index (χ4v) is 4.58. The third-order valence-electron chi connectivity index (χ3n) is 5.81. The summed E-state index contributed by atoms with van der Waals surface area (Å²) in [6.45, 7) is 3.84. The van der Waals surface area contributed by atoms with E-state index in [1.165, 1.54) is 35.5 Å². The lowest BCUT2D eigenvalue weighted by Gasteiger charge is -2.43. The number of allylic oxidation sites excluding steroid dienone is 3. The third-order valence-corrected chi connectivity index (χ3v) is 6.12. The number of hydrogen-bond donors (Lipinski definition) is 2. The minimum absolute atomic E-state index is 0.00597. The maximum atomic E-state index is 14.8. The molecule has 0 bridgehead atoms. The Balaban J connectivity index is 1.89. The topological polar surface area (TPSA) is 112 Å². The number of nitriles is 1. The van der Waals surface area contributed by atoms with Gasteiger partial charge in [-0.25, -0.2) is 14.4 Å². The van der Waals surface area contributed by atoms with Crippen LogP contribution in [0.15, 0.2) is 65.3 Å². The molecule has 7 nitrogen and oxygen atoms in total. The highest BCUT2D eigenvalue weighted by atomic mass is 35.5. The highest BCUT2D eigenvalue weighted by molar-refractivity contribution is 6.32. The number of carbonyl (C=O) groups is 2. The number of aromatic nitrogens is 1.